The Kier molecular flexibility index (Phi) is 5.71. The SMILES string of the molecule is O=S(=O)(c1cccnc1NC1CCOC2(CCCCC2)C1)N1CCCCC1. The van der Waals surface area contributed by atoms with Crippen molar-refractivity contribution in [2.45, 2.75) is 80.7 Å². The molecule has 1 N–H and O–H groups in total. The molecule has 1 spiro atoms. The van der Waals surface area contributed by atoms with Crippen molar-refractivity contribution < 1.29 is 13.2 Å². The van der Waals surface area contributed by atoms with E-state index in [4.69, 9.17) is 4.74 Å². The summed E-state index contributed by atoms with van der Waals surface area (Å²) in [6.07, 6.45) is 12.5. The molecule has 1 saturated carbocycles. The van der Waals surface area contributed by atoms with E-state index >= 15 is 0 Å². The fourth-order valence-corrected chi connectivity index (χ4v) is 6.46. The summed E-state index contributed by atoms with van der Waals surface area (Å²) in [5, 5.41) is 3.47. The average molecular weight is 394 g/mol. The van der Waals surface area contributed by atoms with Crippen molar-refractivity contribution in [1.29, 1.82) is 0 Å². The number of anilines is 1. The zero-order valence-corrected chi connectivity index (χ0v) is 16.8. The van der Waals surface area contributed by atoms with Gasteiger partial charge in [0.05, 0.1) is 5.60 Å². The van der Waals surface area contributed by atoms with Crippen LogP contribution in [0, 0.1) is 0 Å². The normalized spacial score (nSPS) is 26.7. The molecule has 27 heavy (non-hydrogen) atoms. The van der Waals surface area contributed by atoms with Crippen LogP contribution < -0.4 is 5.32 Å². The third kappa shape index (κ3) is 4.15. The molecule has 1 atom stereocenters. The van der Waals surface area contributed by atoms with Crippen LogP contribution in [0.2, 0.25) is 0 Å². The summed E-state index contributed by atoms with van der Waals surface area (Å²) in [5.74, 6) is 0.501. The summed E-state index contributed by atoms with van der Waals surface area (Å²) < 4.78 is 34.1. The third-order valence-electron chi connectivity index (χ3n) is 6.30. The van der Waals surface area contributed by atoms with E-state index in [0.717, 1.165) is 51.6 Å². The fraction of sp³-hybridized carbons (Fsp3) is 0.750. The molecule has 3 heterocycles. The molecule has 3 fully saturated rings. The standard InChI is InChI=1S/C20H31N3O3S/c24-27(25,23-13-5-2-6-14-23)18-8-7-12-21-19(18)22-17-9-15-26-20(16-17)10-3-1-4-11-20/h7-8,12,17H,1-6,9-11,13-16H2,(H,21,22). The summed E-state index contributed by atoms with van der Waals surface area (Å²) in [6.45, 7) is 1.95. The Balaban J connectivity index is 1.53. The number of aromatic nitrogens is 1. The summed E-state index contributed by atoms with van der Waals surface area (Å²) in [7, 11) is -3.50. The summed E-state index contributed by atoms with van der Waals surface area (Å²) in [4.78, 5) is 4.73. The van der Waals surface area contributed by atoms with E-state index in [1.54, 1.807) is 22.6 Å². The molecule has 3 aliphatic rings. The molecule has 1 unspecified atom stereocenters. The maximum atomic E-state index is 13.2. The second-order valence-electron chi connectivity index (χ2n) is 8.24. The Hall–Kier alpha value is -1.18. The van der Waals surface area contributed by atoms with Crippen LogP contribution in [0.1, 0.15) is 64.2 Å². The first-order chi connectivity index (χ1) is 13.1. The second-order valence-corrected chi connectivity index (χ2v) is 10.1. The van der Waals surface area contributed by atoms with Crippen LogP contribution in [0.5, 0.6) is 0 Å². The lowest BCUT2D eigenvalue weighted by Crippen LogP contribution is -2.46. The highest BCUT2D eigenvalue weighted by atomic mass is 32.2. The van der Waals surface area contributed by atoms with Crippen molar-refractivity contribution in [1.82, 2.24) is 9.29 Å². The maximum absolute atomic E-state index is 13.2. The van der Waals surface area contributed by atoms with Gasteiger partial charge in [-0.1, -0.05) is 25.7 Å². The molecule has 2 saturated heterocycles. The first-order valence-electron chi connectivity index (χ1n) is 10.4. The summed E-state index contributed by atoms with van der Waals surface area (Å²) >= 11 is 0. The first-order valence-corrected chi connectivity index (χ1v) is 11.9. The lowest BCUT2D eigenvalue weighted by atomic mass is 9.78. The van der Waals surface area contributed by atoms with Crippen LogP contribution in [0.15, 0.2) is 23.2 Å². The number of nitrogens with zero attached hydrogens (tertiary/aromatic N) is 2. The summed E-state index contributed by atoms with van der Waals surface area (Å²) in [5.41, 5.74) is -0.0190. The van der Waals surface area contributed by atoms with E-state index in [1.807, 2.05) is 0 Å². The first kappa shape index (κ1) is 19.2. The number of piperidine rings is 1. The van der Waals surface area contributed by atoms with Crippen LogP contribution in [-0.4, -0.2) is 49.0 Å². The molecular formula is C20H31N3O3S. The maximum Gasteiger partial charge on any atom is 0.246 e. The Labute approximate surface area is 162 Å². The van der Waals surface area contributed by atoms with Crippen LogP contribution >= 0.6 is 0 Å². The third-order valence-corrected chi connectivity index (χ3v) is 8.23. The lowest BCUT2D eigenvalue weighted by molar-refractivity contribution is -0.103. The minimum absolute atomic E-state index is 0.0190. The Morgan fingerprint density at radius 1 is 1.11 bits per heavy atom. The molecule has 150 valence electrons. The number of rotatable bonds is 4. The van der Waals surface area contributed by atoms with Crippen molar-refractivity contribution in [3.63, 3.8) is 0 Å². The highest BCUT2D eigenvalue weighted by Crippen LogP contribution is 2.39. The predicted molar refractivity (Wildman–Crippen MR) is 105 cm³/mol. The number of nitrogens with one attached hydrogen (secondary N) is 1. The monoisotopic (exact) mass is 393 g/mol. The van der Waals surface area contributed by atoms with Gasteiger partial charge in [-0.15, -0.1) is 0 Å². The largest absolute Gasteiger partial charge is 0.375 e. The Bertz CT molecular complexity index is 735. The van der Waals surface area contributed by atoms with E-state index in [0.29, 0.717) is 23.8 Å². The predicted octanol–water partition coefficient (Wildman–Crippen LogP) is 3.55. The molecule has 7 heteroatoms. The van der Waals surface area contributed by atoms with Gasteiger partial charge in [-0.05, 0) is 50.7 Å². The molecule has 2 aliphatic heterocycles. The van der Waals surface area contributed by atoms with Gasteiger partial charge in [-0.2, -0.15) is 4.31 Å². The molecule has 1 aromatic heterocycles. The van der Waals surface area contributed by atoms with Crippen molar-refractivity contribution >= 4 is 15.8 Å². The second kappa shape index (κ2) is 8.05. The zero-order valence-electron chi connectivity index (χ0n) is 16.0. The van der Waals surface area contributed by atoms with Crippen LogP contribution in [0.3, 0.4) is 0 Å². The number of ether oxygens (including phenoxy) is 1. The highest BCUT2D eigenvalue weighted by molar-refractivity contribution is 7.89. The van der Waals surface area contributed by atoms with Gasteiger partial charge in [-0.25, -0.2) is 13.4 Å². The van der Waals surface area contributed by atoms with Gasteiger partial charge in [0.25, 0.3) is 0 Å². The van der Waals surface area contributed by atoms with E-state index in [1.165, 1.54) is 19.3 Å². The molecule has 6 nitrogen and oxygen atoms in total. The van der Waals surface area contributed by atoms with E-state index in [-0.39, 0.29) is 11.6 Å². The Morgan fingerprint density at radius 2 is 1.85 bits per heavy atom. The van der Waals surface area contributed by atoms with Crippen LogP contribution in [0.25, 0.3) is 0 Å². The molecule has 0 aromatic carbocycles. The van der Waals surface area contributed by atoms with Crippen LogP contribution in [-0.2, 0) is 14.8 Å². The van der Waals surface area contributed by atoms with Gasteiger partial charge in [0, 0.05) is 31.9 Å². The van der Waals surface area contributed by atoms with Gasteiger partial charge < -0.3 is 10.1 Å². The molecule has 1 aliphatic carbocycles. The quantitative estimate of drug-likeness (QED) is 0.847. The van der Waals surface area contributed by atoms with Crippen molar-refractivity contribution in [3.8, 4) is 0 Å². The minimum Gasteiger partial charge on any atom is -0.375 e. The molecule has 1 aromatic rings. The van der Waals surface area contributed by atoms with E-state index < -0.39 is 10.0 Å². The van der Waals surface area contributed by atoms with Gasteiger partial charge in [0.15, 0.2) is 0 Å². The number of hydrogen-bond donors (Lipinski definition) is 1. The number of pyridine rings is 1. The molecule has 0 radical (unpaired) electrons. The number of hydrogen-bond acceptors (Lipinski definition) is 5. The molecule has 0 bridgehead atoms. The lowest BCUT2D eigenvalue weighted by Gasteiger charge is -2.43. The molecule has 4 rings (SSSR count). The van der Waals surface area contributed by atoms with Gasteiger partial charge in [-0.3, -0.25) is 0 Å². The Morgan fingerprint density at radius 3 is 2.63 bits per heavy atom. The van der Waals surface area contributed by atoms with Crippen molar-refractivity contribution in [2.24, 2.45) is 0 Å². The average Bonchev–Trinajstić information content (AvgIpc) is 2.70. The smallest absolute Gasteiger partial charge is 0.246 e. The van der Waals surface area contributed by atoms with Gasteiger partial charge in [0.2, 0.25) is 10.0 Å². The molecular weight excluding hydrogens is 362 g/mol. The van der Waals surface area contributed by atoms with E-state index in [9.17, 15) is 8.42 Å². The summed E-state index contributed by atoms with van der Waals surface area (Å²) in [6, 6.07) is 3.62. The van der Waals surface area contributed by atoms with E-state index in [2.05, 4.69) is 10.3 Å². The van der Waals surface area contributed by atoms with Crippen LogP contribution in [0.4, 0.5) is 5.82 Å². The fourth-order valence-electron chi connectivity index (χ4n) is 4.84. The van der Waals surface area contributed by atoms with Gasteiger partial charge >= 0.3 is 0 Å². The topological polar surface area (TPSA) is 71.5 Å². The van der Waals surface area contributed by atoms with Crippen molar-refractivity contribution in [2.75, 3.05) is 25.0 Å². The number of sulfonamides is 1. The molecule has 0 amide bonds. The van der Waals surface area contributed by atoms with Crippen molar-refractivity contribution in [3.05, 3.63) is 18.3 Å². The zero-order chi connectivity index (χ0) is 18.7. The minimum atomic E-state index is -3.50. The highest BCUT2D eigenvalue weighted by Gasteiger charge is 2.39. The van der Waals surface area contributed by atoms with Gasteiger partial charge in [0.1, 0.15) is 10.7 Å².